The van der Waals surface area contributed by atoms with Crippen LogP contribution in [0.5, 0.6) is 0 Å². The summed E-state index contributed by atoms with van der Waals surface area (Å²) in [5.74, 6) is -9.84. The molecule has 0 saturated heterocycles. The Kier molecular flexibility index (Phi) is 12.2. The van der Waals surface area contributed by atoms with Crippen LogP contribution in [0.1, 0.15) is 65.2 Å². The van der Waals surface area contributed by atoms with Gasteiger partial charge in [0.05, 0.1) is 0 Å². The van der Waals surface area contributed by atoms with E-state index in [0.29, 0.717) is 13.1 Å². The molecule has 0 aromatic heterocycles. The highest BCUT2D eigenvalue weighted by molar-refractivity contribution is 8.21. The standard InChI is InChI=1S/C14H32Cl6N8O2P6/c1-5-7-9-11-13-27-34(22-31(15,16)21-32(17,18)23-34)28(14-12-10-8-6-2)36(30-4)25-33(19,20)24-35(27,26-36)29-3/h5-14H2,1-4H3. The van der Waals surface area contributed by atoms with Crippen molar-refractivity contribution in [2.75, 3.05) is 27.3 Å². The molecular formula is C14H32Cl6N8O2P6. The third-order valence-corrected chi connectivity index (χ3v) is 30.7. The van der Waals surface area contributed by atoms with Gasteiger partial charge in [-0.1, -0.05) is 52.4 Å². The summed E-state index contributed by atoms with van der Waals surface area (Å²) in [5.41, 5.74) is 0. The summed E-state index contributed by atoms with van der Waals surface area (Å²) >= 11 is 40.2. The fourth-order valence-electron chi connectivity index (χ4n) is 3.98. The van der Waals surface area contributed by atoms with Crippen molar-refractivity contribution in [2.24, 2.45) is 27.1 Å². The van der Waals surface area contributed by atoms with Crippen LogP contribution in [0.3, 0.4) is 0 Å². The molecule has 212 valence electrons. The fourth-order valence-corrected chi connectivity index (χ4v) is 37.4. The summed E-state index contributed by atoms with van der Waals surface area (Å²) in [4.78, 5) is 0. The third-order valence-electron chi connectivity index (χ3n) is 5.49. The summed E-state index contributed by atoms with van der Waals surface area (Å²) in [5, 5.41) is 0. The topological polar surface area (TPSA) is 99.1 Å². The maximum Gasteiger partial charge on any atom is 0.289 e. The summed E-state index contributed by atoms with van der Waals surface area (Å²) in [7, 11) is -6.69. The Morgan fingerprint density at radius 2 is 0.972 bits per heavy atom. The second-order valence-corrected chi connectivity index (χ2v) is 31.6. The molecule has 3 aliphatic heterocycles. The number of nitrogens with zero attached hydrogens (tertiary/aromatic N) is 8. The number of rotatable bonds is 12. The zero-order valence-corrected chi connectivity index (χ0v) is 30.3. The molecule has 0 fully saturated rings. The Labute approximate surface area is 243 Å². The predicted octanol–water partition coefficient (Wildman–Crippen LogP) is 14.2. The van der Waals surface area contributed by atoms with Crippen molar-refractivity contribution in [1.82, 2.24) is 8.88 Å². The minimum atomic E-state index is -3.31. The molecule has 10 nitrogen and oxygen atoms in total. The molecule has 1 spiro atoms. The smallest absolute Gasteiger partial charge is 0.289 e. The highest BCUT2D eigenvalue weighted by atomic mass is 35.9. The van der Waals surface area contributed by atoms with Gasteiger partial charge in [-0.05, 0) is 80.3 Å². The molecule has 3 atom stereocenters. The number of unbranched alkanes of at least 4 members (excludes halogenated alkanes) is 6. The maximum absolute atomic E-state index is 6.72. The van der Waals surface area contributed by atoms with Crippen LogP contribution in [0, 0.1) is 0 Å². The van der Waals surface area contributed by atoms with Gasteiger partial charge in [0.25, 0.3) is 32.9 Å². The Balaban J connectivity index is 2.39. The van der Waals surface area contributed by atoms with Gasteiger partial charge in [0.1, 0.15) is 0 Å². The SMILES string of the molecule is CCCCCCN1P2(OC)=NP(Cl)(Cl)=NP(OC)(=N2)N(CCCCCC)P12=NP(Cl)(Cl)=NP(Cl)(Cl)=N2. The van der Waals surface area contributed by atoms with E-state index in [0.717, 1.165) is 51.4 Å². The minimum Gasteiger partial charge on any atom is -0.319 e. The van der Waals surface area contributed by atoms with Gasteiger partial charge < -0.3 is 9.05 Å². The van der Waals surface area contributed by atoms with Crippen LogP contribution in [0.25, 0.3) is 0 Å². The zero-order chi connectivity index (χ0) is 26.9. The number of hydrogen-bond donors (Lipinski definition) is 0. The summed E-state index contributed by atoms with van der Waals surface area (Å²) in [6.07, 6.45) is 7.81. The van der Waals surface area contributed by atoms with E-state index < -0.39 is 40.4 Å². The lowest BCUT2D eigenvalue weighted by molar-refractivity contribution is 0.379. The highest BCUT2D eigenvalue weighted by Gasteiger charge is 2.60. The van der Waals surface area contributed by atoms with Crippen LogP contribution >= 0.6 is 108 Å². The zero-order valence-electron chi connectivity index (χ0n) is 20.4. The van der Waals surface area contributed by atoms with E-state index in [1.54, 1.807) is 0 Å². The Morgan fingerprint density at radius 1 is 0.528 bits per heavy atom. The Hall–Kier alpha value is 2.96. The van der Waals surface area contributed by atoms with E-state index in [4.69, 9.17) is 99.1 Å². The first-order valence-electron chi connectivity index (χ1n) is 11.4. The average molecular weight is 743 g/mol. The monoisotopic (exact) mass is 740 g/mol. The minimum absolute atomic E-state index is 0.486. The van der Waals surface area contributed by atoms with Crippen LogP contribution in [0.15, 0.2) is 27.1 Å². The molecule has 0 amide bonds. The normalized spacial score (nSPS) is 34.5. The molecule has 2 bridgehead atoms. The summed E-state index contributed by atoms with van der Waals surface area (Å²) < 4.78 is 44.8. The molecule has 0 saturated carbocycles. The second kappa shape index (κ2) is 13.1. The van der Waals surface area contributed by atoms with E-state index in [1.165, 1.54) is 14.2 Å². The van der Waals surface area contributed by atoms with Gasteiger partial charge in [-0.2, -0.15) is 36.0 Å². The maximum atomic E-state index is 6.72. The molecule has 22 heteroatoms. The van der Waals surface area contributed by atoms with Gasteiger partial charge in [0.2, 0.25) is 7.51 Å². The van der Waals surface area contributed by atoms with E-state index >= 15 is 0 Å². The molecule has 3 unspecified atom stereocenters. The summed E-state index contributed by atoms with van der Waals surface area (Å²) in [6.45, 7) is 5.27. The number of halogens is 6. The lowest BCUT2D eigenvalue weighted by Crippen LogP contribution is -2.33. The fraction of sp³-hybridized carbons (Fsp3) is 1.00. The van der Waals surface area contributed by atoms with E-state index in [-0.39, 0.29) is 0 Å². The Bertz CT molecular complexity index is 1140. The highest BCUT2D eigenvalue weighted by Crippen LogP contribution is 2.98. The Morgan fingerprint density at radius 3 is 1.42 bits per heavy atom. The van der Waals surface area contributed by atoms with Gasteiger partial charge in [-0.25, -0.2) is 0 Å². The first-order chi connectivity index (χ1) is 16.7. The molecular weight excluding hydrogens is 711 g/mol. The number of fused-ring (bicyclic) bond motifs is 1. The van der Waals surface area contributed by atoms with E-state index in [1.807, 2.05) is 8.88 Å². The molecule has 36 heavy (non-hydrogen) atoms. The van der Waals surface area contributed by atoms with Crippen molar-refractivity contribution < 1.29 is 9.05 Å². The van der Waals surface area contributed by atoms with Gasteiger partial charge in [-0.15, -0.1) is 0 Å². The van der Waals surface area contributed by atoms with Crippen molar-refractivity contribution in [3.8, 4) is 0 Å². The molecule has 0 aromatic carbocycles. The molecule has 3 aliphatic rings. The molecule has 0 N–H and O–H groups in total. The van der Waals surface area contributed by atoms with Crippen LogP contribution in [-0.2, 0) is 9.05 Å². The lowest BCUT2D eigenvalue weighted by Gasteiger charge is -2.52. The molecule has 3 rings (SSSR count). The van der Waals surface area contributed by atoms with Crippen LogP contribution in [0.2, 0.25) is 0 Å². The van der Waals surface area contributed by atoms with Crippen molar-refractivity contribution >= 4 is 108 Å². The first kappa shape index (κ1) is 33.5. The first-order valence-corrected chi connectivity index (χ1v) is 26.7. The number of hydrogen-bond acceptors (Lipinski definition) is 10. The summed E-state index contributed by atoms with van der Waals surface area (Å²) in [6, 6.07) is 0. The van der Waals surface area contributed by atoms with Gasteiger partial charge in [0, 0.05) is 27.3 Å². The predicted molar refractivity (Wildman–Crippen MR) is 167 cm³/mol. The molecule has 3 heterocycles. The second-order valence-electron chi connectivity index (χ2n) is 8.15. The average Bonchev–Trinajstić information content (AvgIpc) is 2.74. The van der Waals surface area contributed by atoms with Crippen LogP contribution in [0.4, 0.5) is 0 Å². The van der Waals surface area contributed by atoms with E-state index in [2.05, 4.69) is 18.4 Å². The lowest BCUT2D eigenvalue weighted by atomic mass is 10.2. The van der Waals surface area contributed by atoms with E-state index in [9.17, 15) is 0 Å². The third kappa shape index (κ3) is 7.29. The molecule has 0 aromatic rings. The van der Waals surface area contributed by atoms with Gasteiger partial charge in [0.15, 0.2) is 0 Å². The molecule has 0 radical (unpaired) electrons. The van der Waals surface area contributed by atoms with Crippen molar-refractivity contribution in [1.29, 1.82) is 0 Å². The van der Waals surface area contributed by atoms with Gasteiger partial charge in [-0.3, -0.25) is 0 Å². The quantitative estimate of drug-likeness (QED) is 0.147. The van der Waals surface area contributed by atoms with Crippen LogP contribution < -0.4 is 0 Å². The van der Waals surface area contributed by atoms with Crippen molar-refractivity contribution in [3.63, 3.8) is 0 Å². The van der Waals surface area contributed by atoms with Crippen LogP contribution in [-0.4, -0.2) is 36.2 Å². The molecule has 0 aliphatic carbocycles. The van der Waals surface area contributed by atoms with Crippen molar-refractivity contribution in [3.05, 3.63) is 0 Å². The van der Waals surface area contributed by atoms with Crippen molar-refractivity contribution in [2.45, 2.75) is 65.2 Å². The largest absolute Gasteiger partial charge is 0.319 e. The van der Waals surface area contributed by atoms with Gasteiger partial charge >= 0.3 is 0 Å².